The number of nitro groups is 2. The molecular formula is C41H31I6N8O8-. The van der Waals surface area contributed by atoms with E-state index in [4.69, 9.17) is 17.3 Å². The Morgan fingerprint density at radius 3 is 1.87 bits per heavy atom. The SMILES string of the molecule is COC(=O)c1ccccc1C=O.I.II.I[I-]I.Nc1ccccn1.O=c1c2ccccc2c2nc3ccccn3c2n1-c1ccc([N+](=O)[O-])cc1.[C-]#[N+]c1ccc([N+](=O)[O-])cc1. The summed E-state index contributed by atoms with van der Waals surface area (Å²) in [6.45, 7) is 6.58. The van der Waals surface area contributed by atoms with Crippen LogP contribution in [0.1, 0.15) is 20.7 Å². The van der Waals surface area contributed by atoms with Gasteiger partial charge in [0, 0.05) is 90.2 Å². The number of rotatable bonds is 5. The van der Waals surface area contributed by atoms with Crippen LogP contribution in [0.25, 0.3) is 38.1 Å². The van der Waals surface area contributed by atoms with Crippen LogP contribution in [-0.4, -0.2) is 48.1 Å². The van der Waals surface area contributed by atoms with Crippen molar-refractivity contribution in [2.45, 2.75) is 0 Å². The largest absolute Gasteiger partial charge is 0.384 e. The van der Waals surface area contributed by atoms with Gasteiger partial charge in [0.15, 0.2) is 17.6 Å². The molecule has 0 aliphatic rings. The van der Waals surface area contributed by atoms with Crippen LogP contribution in [0.4, 0.5) is 22.9 Å². The Morgan fingerprint density at radius 2 is 1.37 bits per heavy atom. The minimum Gasteiger partial charge on any atom is -0.384 e. The third-order valence-electron chi connectivity index (χ3n) is 8.02. The number of ether oxygens (including phenoxy) is 1. The number of nitro benzene ring substituents is 2. The number of fused-ring (bicyclic) bond motifs is 5. The second-order valence-electron chi connectivity index (χ2n) is 11.6. The topological polar surface area (TPSA) is 212 Å². The number of nitrogens with zero attached hydrogens (tertiary/aromatic N) is 7. The number of hydrogen-bond donors (Lipinski definition) is 1. The van der Waals surface area contributed by atoms with Crippen molar-refractivity contribution in [2.24, 2.45) is 0 Å². The van der Waals surface area contributed by atoms with Gasteiger partial charge in [-0.15, -0.1) is 24.0 Å². The molecule has 4 aromatic carbocycles. The summed E-state index contributed by atoms with van der Waals surface area (Å²) in [6.07, 6.45) is 4.14. The van der Waals surface area contributed by atoms with E-state index in [1.807, 2.05) is 59.1 Å². The predicted octanol–water partition coefficient (Wildman–Crippen LogP) is 8.96. The average Bonchev–Trinajstić information content (AvgIpc) is 3.70. The van der Waals surface area contributed by atoms with Crippen molar-refractivity contribution < 1.29 is 37.4 Å². The zero-order valence-electron chi connectivity index (χ0n) is 32.2. The van der Waals surface area contributed by atoms with Crippen molar-refractivity contribution in [1.82, 2.24) is 18.9 Å². The first-order valence-electron chi connectivity index (χ1n) is 17.1. The molecule has 0 spiro atoms. The summed E-state index contributed by atoms with van der Waals surface area (Å²) in [6, 6.07) is 36.3. The van der Waals surface area contributed by atoms with E-state index in [1.54, 1.807) is 59.3 Å². The number of benzene rings is 4. The van der Waals surface area contributed by atoms with Gasteiger partial charge in [-0.1, -0.05) is 48.5 Å². The Morgan fingerprint density at radius 1 is 0.825 bits per heavy atom. The summed E-state index contributed by atoms with van der Waals surface area (Å²) < 4.78 is 7.89. The van der Waals surface area contributed by atoms with E-state index >= 15 is 0 Å². The van der Waals surface area contributed by atoms with Gasteiger partial charge in [0.05, 0.1) is 34.8 Å². The number of nitrogens with two attached hydrogens (primary N) is 1. The third kappa shape index (κ3) is 15.8. The number of hydrogen-bond acceptors (Lipinski definition) is 11. The molecule has 0 saturated carbocycles. The molecule has 0 amide bonds. The van der Waals surface area contributed by atoms with Crippen molar-refractivity contribution in [3.63, 3.8) is 0 Å². The minimum absolute atomic E-state index is 0. The van der Waals surface area contributed by atoms with Crippen molar-refractivity contribution >= 4 is 161 Å². The molecule has 0 saturated heterocycles. The molecule has 8 aromatic rings. The maximum Gasteiger partial charge on any atom is 0.269 e. The summed E-state index contributed by atoms with van der Waals surface area (Å²) >= 11 is 9.54. The molecule has 63 heavy (non-hydrogen) atoms. The van der Waals surface area contributed by atoms with E-state index < -0.39 is 15.8 Å². The molecule has 0 aliphatic carbocycles. The smallest absolute Gasteiger partial charge is 0.269 e. The van der Waals surface area contributed by atoms with Crippen LogP contribution < -0.4 is 24.5 Å². The molecule has 0 aliphatic heterocycles. The molecule has 0 bridgehead atoms. The Balaban J connectivity index is 0.000000316. The van der Waals surface area contributed by atoms with Gasteiger partial charge in [0.2, 0.25) is 0 Å². The molecule has 4 heterocycles. The number of esters is 1. The molecule has 4 aromatic heterocycles. The number of halogens is 6. The van der Waals surface area contributed by atoms with Gasteiger partial charge >= 0.3 is 56.5 Å². The number of nitrogen functional groups attached to an aromatic ring is 1. The van der Waals surface area contributed by atoms with Crippen LogP contribution >= 0.6 is 98.4 Å². The normalized spacial score (nSPS) is 9.52. The Kier molecular flexibility index (Phi) is 25.5. The van der Waals surface area contributed by atoms with Crippen LogP contribution in [0, 0.1) is 26.8 Å². The monoisotopic (exact) mass is 1520 g/mol. The van der Waals surface area contributed by atoms with Crippen LogP contribution in [0.15, 0.2) is 151 Å². The van der Waals surface area contributed by atoms with Crippen LogP contribution in [-0.2, 0) is 4.74 Å². The van der Waals surface area contributed by atoms with Crippen molar-refractivity contribution in [2.75, 3.05) is 12.8 Å². The molecule has 16 nitrogen and oxygen atoms in total. The Bertz CT molecular complexity index is 2860. The fourth-order valence-electron chi connectivity index (χ4n) is 5.35. The van der Waals surface area contributed by atoms with E-state index in [0.717, 1.165) is 11.0 Å². The van der Waals surface area contributed by atoms with Crippen molar-refractivity contribution in [1.29, 1.82) is 0 Å². The minimum atomic E-state index is -0.492. The number of carbonyl (C=O) groups excluding carboxylic acids is 2. The second-order valence-corrected chi connectivity index (χ2v) is 27.8. The number of aldehydes is 1. The number of imidazole rings is 1. The first-order valence-corrected chi connectivity index (χ1v) is 35.9. The van der Waals surface area contributed by atoms with Crippen molar-refractivity contribution in [3.8, 4) is 5.69 Å². The fourth-order valence-corrected chi connectivity index (χ4v) is 5.35. The predicted molar refractivity (Wildman–Crippen MR) is 285 cm³/mol. The van der Waals surface area contributed by atoms with Crippen LogP contribution in [0.2, 0.25) is 0 Å². The molecule has 326 valence electrons. The summed E-state index contributed by atoms with van der Waals surface area (Å²) in [7, 11) is 1.28. The van der Waals surface area contributed by atoms with Gasteiger partial charge in [-0.2, -0.15) is 0 Å². The van der Waals surface area contributed by atoms with Gasteiger partial charge in [0.25, 0.3) is 16.9 Å². The van der Waals surface area contributed by atoms with Gasteiger partial charge in [-0.25, -0.2) is 19.6 Å². The number of non-ortho nitro benzene ring substituents is 2. The van der Waals surface area contributed by atoms with Crippen LogP contribution in [0.3, 0.4) is 0 Å². The standard InChI is InChI=1S/C20H12N4O3.C9H8O3.C7H4N2O2.C5H6N2.I3.I2.HI/c25-20-16-6-2-1-5-15(16)18-19(22-12-4-3-7-17(22)21-18)23(20)13-8-10-14(11-9-13)24(26)27;1-12-9(11)8-5-3-2-4-7(8)6-10;1-8-6-2-4-7(5-3-6)9(10)11;6-5-3-1-2-4-7-5;1-3-2;1-2;/h1-12H;2-6H,1H3;2-5H;1-4H,(H2,6,7);;;1H/q;;;;-1;;. The van der Waals surface area contributed by atoms with E-state index in [2.05, 4.69) is 89.0 Å². The summed E-state index contributed by atoms with van der Waals surface area (Å²) in [5, 5.41) is 22.4. The molecule has 0 unspecified atom stereocenters. The van der Waals surface area contributed by atoms with E-state index in [-0.39, 0.29) is 40.9 Å². The maximum absolute atomic E-state index is 13.3. The van der Waals surface area contributed by atoms with E-state index in [9.17, 15) is 34.6 Å². The summed E-state index contributed by atoms with van der Waals surface area (Å²) in [5.41, 5.74) is 8.70. The van der Waals surface area contributed by atoms with Crippen molar-refractivity contribution in [3.05, 3.63) is 199 Å². The number of methoxy groups -OCH3 is 1. The number of carbonyl (C=O) groups is 2. The quantitative estimate of drug-likeness (QED) is 0.0429. The van der Waals surface area contributed by atoms with Gasteiger partial charge < -0.3 is 10.5 Å². The molecule has 8 rings (SSSR count). The zero-order chi connectivity index (χ0) is 45.6. The molecule has 22 heteroatoms. The Labute approximate surface area is 429 Å². The average molecular weight is 1530 g/mol. The number of pyridine rings is 3. The zero-order valence-corrected chi connectivity index (χ0v) is 45.3. The third-order valence-corrected chi connectivity index (χ3v) is 8.02. The number of anilines is 1. The molecular weight excluding hydrogens is 1490 g/mol. The van der Waals surface area contributed by atoms with E-state index in [1.165, 1.54) is 43.5 Å². The van der Waals surface area contributed by atoms with Gasteiger partial charge in [-0.05, 0) is 60.7 Å². The first-order chi connectivity index (χ1) is 30.0. The van der Waals surface area contributed by atoms with Gasteiger partial charge in [-0.3, -0.25) is 38.8 Å². The summed E-state index contributed by atoms with van der Waals surface area (Å²) in [4.78, 5) is 66.4. The molecule has 0 atom stereocenters. The van der Waals surface area contributed by atoms with E-state index in [0.29, 0.717) is 64.4 Å². The second kappa shape index (κ2) is 29.3. The Hall–Kier alpha value is -4.20. The first kappa shape index (κ1) is 54.9. The van der Waals surface area contributed by atoms with Crippen LogP contribution in [0.5, 0.6) is 0 Å². The summed E-state index contributed by atoms with van der Waals surface area (Å²) in [5.74, 6) is 0.0835. The molecule has 0 radical (unpaired) electrons. The fraction of sp³-hybridized carbons (Fsp3) is 0.0244. The molecule has 2 N–H and O–H groups in total. The number of aromatic nitrogens is 4. The molecule has 0 fully saturated rings. The van der Waals surface area contributed by atoms with Gasteiger partial charge in [0.1, 0.15) is 17.0 Å². The maximum atomic E-state index is 13.3.